The summed E-state index contributed by atoms with van der Waals surface area (Å²) in [5.41, 5.74) is 2.44. The molecule has 0 radical (unpaired) electrons. The van der Waals surface area contributed by atoms with E-state index in [1.165, 1.54) is 11.3 Å². The van der Waals surface area contributed by atoms with E-state index in [1.54, 1.807) is 0 Å². The van der Waals surface area contributed by atoms with E-state index in [0.717, 1.165) is 32.5 Å². The quantitative estimate of drug-likeness (QED) is 0.862. The third-order valence-electron chi connectivity index (χ3n) is 3.89. The molecule has 4 nitrogen and oxygen atoms in total. The summed E-state index contributed by atoms with van der Waals surface area (Å²) in [6, 6.07) is 8.61. The molecule has 0 saturated heterocycles. The molecule has 0 spiro atoms. The maximum atomic E-state index is 12.2. The summed E-state index contributed by atoms with van der Waals surface area (Å²) in [4.78, 5) is 14.4. The van der Waals surface area contributed by atoms with Gasteiger partial charge < -0.3 is 15.5 Å². The smallest absolute Gasteiger partial charge is 0.239 e. The molecule has 0 atom stereocenters. The van der Waals surface area contributed by atoms with Gasteiger partial charge in [-0.15, -0.1) is 0 Å². The molecule has 2 N–H and O–H groups in total. The average molecular weight is 275 g/mol. The van der Waals surface area contributed by atoms with Gasteiger partial charge in [0.15, 0.2) is 0 Å². The number of carbonyl (C=O) groups excluding carboxylic acids is 1. The molecule has 0 fully saturated rings. The molecule has 1 heterocycles. The predicted octanol–water partition coefficient (Wildman–Crippen LogP) is 1.90. The Balaban J connectivity index is 2.03. The van der Waals surface area contributed by atoms with Crippen LogP contribution in [0.2, 0.25) is 0 Å². The van der Waals surface area contributed by atoms with Crippen LogP contribution < -0.4 is 15.5 Å². The number of hydrogen-bond donors (Lipinski definition) is 2. The predicted molar refractivity (Wildman–Crippen MR) is 82.9 cm³/mol. The molecular weight excluding hydrogens is 250 g/mol. The van der Waals surface area contributed by atoms with E-state index < -0.39 is 0 Å². The number of hydrogen-bond acceptors (Lipinski definition) is 3. The first-order valence-electron chi connectivity index (χ1n) is 7.57. The summed E-state index contributed by atoms with van der Waals surface area (Å²) in [6.45, 7) is 7.32. The highest BCUT2D eigenvalue weighted by molar-refractivity contribution is 5.82. The third-order valence-corrected chi connectivity index (χ3v) is 3.89. The zero-order chi connectivity index (χ0) is 14.4. The highest BCUT2D eigenvalue weighted by atomic mass is 16.2. The van der Waals surface area contributed by atoms with Gasteiger partial charge in [0.1, 0.15) is 0 Å². The Labute approximate surface area is 121 Å². The van der Waals surface area contributed by atoms with Gasteiger partial charge in [-0.2, -0.15) is 0 Å². The Kier molecular flexibility index (Phi) is 5.41. The van der Waals surface area contributed by atoms with Crippen LogP contribution in [0, 0.1) is 0 Å². The summed E-state index contributed by atoms with van der Waals surface area (Å²) in [7, 11) is 0. The Morgan fingerprint density at radius 2 is 2.10 bits per heavy atom. The van der Waals surface area contributed by atoms with Crippen LogP contribution in [0.15, 0.2) is 24.3 Å². The lowest BCUT2D eigenvalue weighted by molar-refractivity contribution is -0.120. The van der Waals surface area contributed by atoms with Gasteiger partial charge in [-0.3, -0.25) is 4.79 Å². The minimum absolute atomic E-state index is 0.121. The standard InChI is InChI=1S/C16H25N3O/c1-3-14(4-2)18-16(20)12-19-10-9-17-11-13-7-5-6-8-15(13)19/h5-8,14,17H,3-4,9-12H2,1-2H3,(H,18,20). The van der Waals surface area contributed by atoms with Gasteiger partial charge in [-0.1, -0.05) is 32.0 Å². The number of anilines is 1. The summed E-state index contributed by atoms with van der Waals surface area (Å²) in [5, 5.41) is 6.51. The Morgan fingerprint density at radius 1 is 1.35 bits per heavy atom. The zero-order valence-electron chi connectivity index (χ0n) is 12.5. The summed E-state index contributed by atoms with van der Waals surface area (Å²) >= 11 is 0. The van der Waals surface area contributed by atoms with Crippen molar-refractivity contribution >= 4 is 11.6 Å². The van der Waals surface area contributed by atoms with Gasteiger partial charge in [0.05, 0.1) is 6.54 Å². The number of para-hydroxylation sites is 1. The molecule has 0 aliphatic carbocycles. The second-order valence-electron chi connectivity index (χ2n) is 5.31. The number of rotatable bonds is 5. The van der Waals surface area contributed by atoms with E-state index >= 15 is 0 Å². The lowest BCUT2D eigenvalue weighted by atomic mass is 10.1. The highest BCUT2D eigenvalue weighted by Gasteiger charge is 2.18. The minimum atomic E-state index is 0.121. The molecule has 1 aliphatic rings. The monoisotopic (exact) mass is 275 g/mol. The fourth-order valence-electron chi connectivity index (χ4n) is 2.63. The van der Waals surface area contributed by atoms with Crippen molar-refractivity contribution in [2.24, 2.45) is 0 Å². The lowest BCUT2D eigenvalue weighted by Crippen LogP contribution is -2.43. The number of nitrogens with one attached hydrogen (secondary N) is 2. The number of amides is 1. The fourth-order valence-corrected chi connectivity index (χ4v) is 2.63. The third kappa shape index (κ3) is 3.73. The van der Waals surface area contributed by atoms with Gasteiger partial charge in [0.2, 0.25) is 5.91 Å². The molecule has 1 aromatic carbocycles. The number of fused-ring (bicyclic) bond motifs is 1. The number of benzene rings is 1. The van der Waals surface area contributed by atoms with Crippen LogP contribution in [0.25, 0.3) is 0 Å². The van der Waals surface area contributed by atoms with Crippen LogP contribution in [0.5, 0.6) is 0 Å². The molecule has 0 saturated carbocycles. The van der Waals surface area contributed by atoms with Gasteiger partial charge in [0, 0.05) is 31.4 Å². The van der Waals surface area contributed by atoms with Crippen LogP contribution in [0.1, 0.15) is 32.3 Å². The van der Waals surface area contributed by atoms with Crippen LogP contribution in [-0.2, 0) is 11.3 Å². The first-order chi connectivity index (χ1) is 9.74. The molecule has 1 aliphatic heterocycles. The molecule has 1 aromatic rings. The molecule has 2 rings (SSSR count). The molecule has 0 bridgehead atoms. The normalized spacial score (nSPS) is 14.8. The van der Waals surface area contributed by atoms with Crippen molar-refractivity contribution in [3.05, 3.63) is 29.8 Å². The molecule has 110 valence electrons. The first kappa shape index (κ1) is 14.9. The summed E-state index contributed by atoms with van der Waals surface area (Å²) in [5.74, 6) is 0.121. The van der Waals surface area contributed by atoms with Crippen molar-refractivity contribution in [3.8, 4) is 0 Å². The number of carbonyl (C=O) groups is 1. The van der Waals surface area contributed by atoms with Crippen molar-refractivity contribution in [2.45, 2.75) is 39.3 Å². The zero-order valence-corrected chi connectivity index (χ0v) is 12.5. The molecule has 1 amide bonds. The fraction of sp³-hybridized carbons (Fsp3) is 0.562. The van der Waals surface area contributed by atoms with Crippen LogP contribution in [0.4, 0.5) is 5.69 Å². The van der Waals surface area contributed by atoms with Crippen molar-refractivity contribution in [1.82, 2.24) is 10.6 Å². The van der Waals surface area contributed by atoms with Crippen molar-refractivity contribution < 1.29 is 4.79 Å². The van der Waals surface area contributed by atoms with E-state index in [-0.39, 0.29) is 5.91 Å². The van der Waals surface area contributed by atoms with E-state index in [9.17, 15) is 4.79 Å². The van der Waals surface area contributed by atoms with Crippen LogP contribution >= 0.6 is 0 Å². The molecule has 20 heavy (non-hydrogen) atoms. The Bertz CT molecular complexity index is 443. The molecule has 4 heteroatoms. The van der Waals surface area contributed by atoms with Crippen molar-refractivity contribution in [3.63, 3.8) is 0 Å². The minimum Gasteiger partial charge on any atom is -0.361 e. The van der Waals surface area contributed by atoms with Crippen molar-refractivity contribution in [2.75, 3.05) is 24.5 Å². The lowest BCUT2D eigenvalue weighted by Gasteiger charge is -2.25. The maximum Gasteiger partial charge on any atom is 0.239 e. The van der Waals surface area contributed by atoms with Gasteiger partial charge in [0.25, 0.3) is 0 Å². The van der Waals surface area contributed by atoms with Crippen LogP contribution in [0.3, 0.4) is 0 Å². The SMILES string of the molecule is CCC(CC)NC(=O)CN1CCNCc2ccccc21. The number of nitrogens with zero attached hydrogens (tertiary/aromatic N) is 1. The first-order valence-corrected chi connectivity index (χ1v) is 7.57. The maximum absolute atomic E-state index is 12.2. The average Bonchev–Trinajstić information content (AvgIpc) is 2.67. The second kappa shape index (κ2) is 7.29. The Hall–Kier alpha value is -1.55. The van der Waals surface area contributed by atoms with Gasteiger partial charge in [-0.05, 0) is 24.5 Å². The van der Waals surface area contributed by atoms with E-state index in [4.69, 9.17) is 0 Å². The van der Waals surface area contributed by atoms with E-state index in [1.807, 2.05) is 12.1 Å². The summed E-state index contributed by atoms with van der Waals surface area (Å²) in [6.07, 6.45) is 1.97. The highest BCUT2D eigenvalue weighted by Crippen LogP contribution is 2.21. The second-order valence-corrected chi connectivity index (χ2v) is 5.31. The molecular formula is C16H25N3O. The van der Waals surface area contributed by atoms with Crippen LogP contribution in [-0.4, -0.2) is 31.6 Å². The largest absolute Gasteiger partial charge is 0.361 e. The molecule has 0 aromatic heterocycles. The van der Waals surface area contributed by atoms with E-state index in [2.05, 4.69) is 41.5 Å². The van der Waals surface area contributed by atoms with Gasteiger partial charge in [-0.25, -0.2) is 0 Å². The summed E-state index contributed by atoms with van der Waals surface area (Å²) < 4.78 is 0. The van der Waals surface area contributed by atoms with Gasteiger partial charge >= 0.3 is 0 Å². The van der Waals surface area contributed by atoms with Crippen molar-refractivity contribution in [1.29, 1.82) is 0 Å². The van der Waals surface area contributed by atoms with E-state index in [0.29, 0.717) is 12.6 Å². The topological polar surface area (TPSA) is 44.4 Å². The Morgan fingerprint density at radius 3 is 2.85 bits per heavy atom. The molecule has 0 unspecified atom stereocenters.